The number of nitrogens with zero attached hydrogens (tertiary/aromatic N) is 3. The van der Waals surface area contributed by atoms with Crippen LogP contribution in [0.25, 0.3) is 11.1 Å². The lowest BCUT2D eigenvalue weighted by molar-refractivity contribution is -0.134. The molecule has 2 aromatic heterocycles. The molecule has 1 atom stereocenters. The van der Waals surface area contributed by atoms with Crippen LogP contribution >= 0.6 is 11.3 Å². The molecule has 2 amide bonds. The minimum absolute atomic E-state index is 0.122. The quantitative estimate of drug-likeness (QED) is 0.375. The number of aromatic nitrogens is 2. The molecule has 0 saturated carbocycles. The van der Waals surface area contributed by atoms with Crippen molar-refractivity contribution in [3.05, 3.63) is 65.3 Å². The van der Waals surface area contributed by atoms with Crippen molar-refractivity contribution in [1.82, 2.24) is 14.9 Å². The fraction of sp³-hybridized carbons (Fsp3) is 0.280. The van der Waals surface area contributed by atoms with Crippen molar-refractivity contribution >= 4 is 34.1 Å². The molecule has 3 rings (SSSR count). The Morgan fingerprint density at radius 3 is 2.54 bits per heavy atom. The highest BCUT2D eigenvalue weighted by atomic mass is 32.1. The molecule has 0 fully saturated rings. The van der Waals surface area contributed by atoms with E-state index in [2.05, 4.69) is 20.6 Å². The van der Waals surface area contributed by atoms with Crippen LogP contribution in [0.4, 0.5) is 24.1 Å². The van der Waals surface area contributed by atoms with Crippen LogP contribution in [-0.4, -0.2) is 54.4 Å². The summed E-state index contributed by atoms with van der Waals surface area (Å²) in [5, 5.41) is 5.01. The highest BCUT2D eigenvalue weighted by Crippen LogP contribution is 2.35. The van der Waals surface area contributed by atoms with Crippen LogP contribution in [0.3, 0.4) is 0 Å². The molecular formula is C25H26F3N5O3S. The minimum Gasteiger partial charge on any atom is -0.493 e. The van der Waals surface area contributed by atoms with E-state index in [-0.39, 0.29) is 16.9 Å². The van der Waals surface area contributed by atoms with E-state index >= 15 is 0 Å². The molecule has 37 heavy (non-hydrogen) atoms. The second-order valence-corrected chi connectivity index (χ2v) is 9.32. The number of thiazole rings is 1. The van der Waals surface area contributed by atoms with Gasteiger partial charge in [0.15, 0.2) is 16.7 Å². The maximum Gasteiger partial charge on any atom is 0.427 e. The molecular weight excluding hydrogens is 507 g/mol. The number of methoxy groups -OCH3 is 1. The number of amides is 2. The van der Waals surface area contributed by atoms with Gasteiger partial charge < -0.3 is 20.3 Å². The summed E-state index contributed by atoms with van der Waals surface area (Å²) in [4.78, 5) is 33.8. The number of alkyl halides is 3. The van der Waals surface area contributed by atoms with Gasteiger partial charge in [0, 0.05) is 24.4 Å². The van der Waals surface area contributed by atoms with E-state index in [1.54, 1.807) is 43.5 Å². The van der Waals surface area contributed by atoms with Crippen LogP contribution in [0, 0.1) is 0 Å². The first-order valence-corrected chi connectivity index (χ1v) is 11.9. The summed E-state index contributed by atoms with van der Waals surface area (Å²) in [7, 11) is 5.24. The molecule has 0 radical (unpaired) electrons. The van der Waals surface area contributed by atoms with Crippen molar-refractivity contribution in [3.8, 4) is 16.9 Å². The zero-order valence-corrected chi connectivity index (χ0v) is 21.4. The molecule has 0 aliphatic rings. The number of pyridine rings is 1. The van der Waals surface area contributed by atoms with Gasteiger partial charge in [-0.2, -0.15) is 13.2 Å². The third kappa shape index (κ3) is 7.61. The standard InChI is InChI=1S/C25H26F3N5O3S/c1-15(23(35)32-24-30-14-20(37-24)25(26,27)28)16-7-5-8-17(11-16)18-12-19(36-4)22(29-13-18)31-21(34)9-6-10-33(2)3/h5-9,11-15H,10H2,1-4H3,(H,29,31,34)(H,30,32,35)/b9-6+. The molecule has 1 aromatic carbocycles. The Kier molecular flexibility index (Phi) is 9.00. The summed E-state index contributed by atoms with van der Waals surface area (Å²) in [5.74, 6) is -0.884. The van der Waals surface area contributed by atoms with Crippen molar-refractivity contribution in [2.75, 3.05) is 38.4 Å². The van der Waals surface area contributed by atoms with E-state index in [0.29, 0.717) is 41.0 Å². The Morgan fingerprint density at radius 2 is 1.89 bits per heavy atom. The Labute approximate surface area is 216 Å². The summed E-state index contributed by atoms with van der Waals surface area (Å²) >= 11 is 0.369. The number of benzene rings is 1. The van der Waals surface area contributed by atoms with Crippen molar-refractivity contribution in [3.63, 3.8) is 0 Å². The summed E-state index contributed by atoms with van der Waals surface area (Å²) < 4.78 is 43.8. The molecule has 2 N–H and O–H groups in total. The van der Waals surface area contributed by atoms with Crippen molar-refractivity contribution in [2.45, 2.75) is 19.0 Å². The van der Waals surface area contributed by atoms with Crippen LogP contribution < -0.4 is 15.4 Å². The van der Waals surface area contributed by atoms with Crippen molar-refractivity contribution < 1.29 is 27.5 Å². The second-order valence-electron chi connectivity index (χ2n) is 8.29. The van der Waals surface area contributed by atoms with Crippen LogP contribution in [-0.2, 0) is 15.8 Å². The lowest BCUT2D eigenvalue weighted by Gasteiger charge is -2.14. The van der Waals surface area contributed by atoms with Gasteiger partial charge in [0.1, 0.15) is 4.88 Å². The predicted molar refractivity (Wildman–Crippen MR) is 137 cm³/mol. The lowest BCUT2D eigenvalue weighted by Crippen LogP contribution is -2.18. The summed E-state index contributed by atoms with van der Waals surface area (Å²) in [6.07, 6.45) is 0.887. The maximum absolute atomic E-state index is 12.8. The zero-order valence-electron chi connectivity index (χ0n) is 20.6. The number of likely N-dealkylation sites (N-methyl/N-ethyl adjacent to an activating group) is 1. The highest BCUT2D eigenvalue weighted by Gasteiger charge is 2.33. The molecule has 2 heterocycles. The number of nitrogens with one attached hydrogen (secondary N) is 2. The molecule has 12 heteroatoms. The number of carbonyl (C=O) groups is 2. The molecule has 8 nitrogen and oxygen atoms in total. The number of hydrogen-bond acceptors (Lipinski definition) is 7. The predicted octanol–water partition coefficient (Wildman–Crippen LogP) is 5.03. The van der Waals surface area contributed by atoms with Gasteiger partial charge in [-0.1, -0.05) is 41.7 Å². The highest BCUT2D eigenvalue weighted by molar-refractivity contribution is 7.15. The normalized spacial score (nSPS) is 12.5. The number of halogens is 3. The maximum atomic E-state index is 12.8. The first-order chi connectivity index (χ1) is 17.5. The summed E-state index contributed by atoms with van der Waals surface area (Å²) in [5.41, 5.74) is 2.06. The van der Waals surface area contributed by atoms with E-state index in [1.165, 1.54) is 13.2 Å². The molecule has 196 valence electrons. The van der Waals surface area contributed by atoms with E-state index in [1.807, 2.05) is 25.1 Å². The summed E-state index contributed by atoms with van der Waals surface area (Å²) in [6, 6.07) is 8.83. The van der Waals surface area contributed by atoms with Crippen LogP contribution in [0.5, 0.6) is 5.75 Å². The minimum atomic E-state index is -4.52. The SMILES string of the molecule is COc1cc(-c2cccc(C(C)C(=O)Nc3ncc(C(F)(F)F)s3)c2)cnc1NC(=O)/C=C/CN(C)C. The fourth-order valence-electron chi connectivity index (χ4n) is 3.20. The largest absolute Gasteiger partial charge is 0.493 e. The second kappa shape index (κ2) is 12.0. The van der Waals surface area contributed by atoms with Gasteiger partial charge in [-0.3, -0.25) is 9.59 Å². The molecule has 3 aromatic rings. The monoisotopic (exact) mass is 533 g/mol. The number of rotatable bonds is 9. The van der Waals surface area contributed by atoms with E-state index in [9.17, 15) is 22.8 Å². The third-order valence-electron chi connectivity index (χ3n) is 5.18. The van der Waals surface area contributed by atoms with Gasteiger partial charge in [-0.05, 0) is 38.2 Å². The van der Waals surface area contributed by atoms with Crippen LogP contribution in [0.1, 0.15) is 23.3 Å². The Bertz CT molecular complexity index is 1290. The first-order valence-electron chi connectivity index (χ1n) is 11.1. The molecule has 1 unspecified atom stereocenters. The van der Waals surface area contributed by atoms with E-state index in [0.717, 1.165) is 5.56 Å². The molecule has 0 aliphatic heterocycles. The Morgan fingerprint density at radius 1 is 1.14 bits per heavy atom. The molecule has 0 spiro atoms. The molecule has 0 bridgehead atoms. The number of ether oxygens (including phenoxy) is 1. The van der Waals surface area contributed by atoms with Gasteiger partial charge in [0.2, 0.25) is 11.8 Å². The molecule has 0 saturated heterocycles. The van der Waals surface area contributed by atoms with Gasteiger partial charge in [0.05, 0.1) is 19.2 Å². The number of carbonyl (C=O) groups excluding carboxylic acids is 2. The number of hydrogen-bond donors (Lipinski definition) is 2. The van der Waals surface area contributed by atoms with Crippen molar-refractivity contribution in [1.29, 1.82) is 0 Å². The average Bonchev–Trinajstić information content (AvgIpc) is 3.33. The fourth-order valence-corrected chi connectivity index (χ4v) is 3.88. The smallest absolute Gasteiger partial charge is 0.427 e. The van der Waals surface area contributed by atoms with Crippen LogP contribution in [0.2, 0.25) is 0 Å². The van der Waals surface area contributed by atoms with Gasteiger partial charge in [0.25, 0.3) is 0 Å². The van der Waals surface area contributed by atoms with Crippen molar-refractivity contribution in [2.24, 2.45) is 0 Å². The Balaban J connectivity index is 1.74. The van der Waals surface area contributed by atoms with E-state index < -0.39 is 22.9 Å². The average molecular weight is 534 g/mol. The van der Waals surface area contributed by atoms with E-state index in [4.69, 9.17) is 4.74 Å². The van der Waals surface area contributed by atoms with Gasteiger partial charge >= 0.3 is 6.18 Å². The third-order valence-corrected chi connectivity index (χ3v) is 6.14. The summed E-state index contributed by atoms with van der Waals surface area (Å²) in [6.45, 7) is 2.26. The lowest BCUT2D eigenvalue weighted by atomic mass is 9.96. The Hall–Kier alpha value is -3.77. The zero-order chi connectivity index (χ0) is 27.2. The van der Waals surface area contributed by atoms with Gasteiger partial charge in [-0.15, -0.1) is 0 Å². The number of anilines is 2. The van der Waals surface area contributed by atoms with Gasteiger partial charge in [-0.25, -0.2) is 9.97 Å². The van der Waals surface area contributed by atoms with Crippen LogP contribution in [0.15, 0.2) is 54.9 Å². The molecule has 0 aliphatic carbocycles. The first kappa shape index (κ1) is 27.8. The topological polar surface area (TPSA) is 96.5 Å².